The molecule has 2 N–H and O–H groups in total. The summed E-state index contributed by atoms with van der Waals surface area (Å²) >= 11 is 0. The highest BCUT2D eigenvalue weighted by molar-refractivity contribution is 5.88. The molecule has 1 heterocycles. The van der Waals surface area contributed by atoms with Crippen LogP contribution >= 0.6 is 0 Å². The Morgan fingerprint density at radius 3 is 3.00 bits per heavy atom. The Hall–Kier alpha value is -2.01. The maximum absolute atomic E-state index is 12.5. The van der Waals surface area contributed by atoms with Crippen LogP contribution in [0.25, 0.3) is 10.9 Å². The SMILES string of the molecule is COc1ccc2[nH]c3c(c2c1)CC(C(=O)NCCCN(C)C)CC3. The second kappa shape index (κ2) is 7.26. The van der Waals surface area contributed by atoms with Crippen LogP contribution in [-0.4, -0.2) is 50.1 Å². The molecule has 1 aliphatic carbocycles. The summed E-state index contributed by atoms with van der Waals surface area (Å²) in [6.45, 7) is 1.75. The molecule has 0 aliphatic heterocycles. The van der Waals surface area contributed by atoms with Crippen molar-refractivity contribution < 1.29 is 9.53 Å². The number of H-pyrrole nitrogens is 1. The van der Waals surface area contributed by atoms with Crippen LogP contribution in [0.3, 0.4) is 0 Å². The molecule has 1 aliphatic rings. The van der Waals surface area contributed by atoms with Gasteiger partial charge in [0, 0.05) is 29.1 Å². The van der Waals surface area contributed by atoms with Gasteiger partial charge in [0.05, 0.1) is 7.11 Å². The molecule has 1 aromatic carbocycles. The number of aromatic nitrogens is 1. The predicted molar refractivity (Wildman–Crippen MR) is 96.5 cm³/mol. The number of nitrogens with one attached hydrogen (secondary N) is 2. The van der Waals surface area contributed by atoms with Gasteiger partial charge in [0.2, 0.25) is 5.91 Å². The number of methoxy groups -OCH3 is 1. The molecular weight excluding hydrogens is 302 g/mol. The predicted octanol–water partition coefficient (Wildman–Crippen LogP) is 2.35. The monoisotopic (exact) mass is 329 g/mol. The summed E-state index contributed by atoms with van der Waals surface area (Å²) in [5, 5.41) is 4.29. The largest absolute Gasteiger partial charge is 0.497 e. The van der Waals surface area contributed by atoms with Gasteiger partial charge in [0.25, 0.3) is 0 Å². The number of carbonyl (C=O) groups excluding carboxylic acids is 1. The second-order valence-corrected chi connectivity index (χ2v) is 6.88. The van der Waals surface area contributed by atoms with Gasteiger partial charge in [0.15, 0.2) is 0 Å². The first kappa shape index (κ1) is 16.8. The number of amides is 1. The fraction of sp³-hybridized carbons (Fsp3) is 0.526. The lowest BCUT2D eigenvalue weighted by atomic mass is 9.86. The first-order valence-electron chi connectivity index (χ1n) is 8.68. The number of rotatable bonds is 6. The minimum Gasteiger partial charge on any atom is -0.497 e. The molecule has 2 aromatic rings. The molecule has 0 bridgehead atoms. The van der Waals surface area contributed by atoms with Gasteiger partial charge in [0.1, 0.15) is 5.75 Å². The standard InChI is InChI=1S/C19H27N3O2/c1-22(2)10-4-9-20-19(23)13-5-7-17-15(11-13)16-12-14(24-3)6-8-18(16)21-17/h6,8,12-13,21H,4-5,7,9-11H2,1-3H3,(H,20,23). The van der Waals surface area contributed by atoms with E-state index in [2.05, 4.69) is 41.4 Å². The van der Waals surface area contributed by atoms with E-state index >= 15 is 0 Å². The fourth-order valence-electron chi connectivity index (χ4n) is 3.50. The highest BCUT2D eigenvalue weighted by atomic mass is 16.5. The first-order valence-corrected chi connectivity index (χ1v) is 8.68. The third-order valence-electron chi connectivity index (χ3n) is 4.85. The number of nitrogens with zero attached hydrogens (tertiary/aromatic N) is 1. The summed E-state index contributed by atoms with van der Waals surface area (Å²) in [4.78, 5) is 18.1. The number of hydrogen-bond donors (Lipinski definition) is 2. The van der Waals surface area contributed by atoms with Crippen LogP contribution in [0.5, 0.6) is 5.75 Å². The van der Waals surface area contributed by atoms with E-state index in [4.69, 9.17) is 4.74 Å². The summed E-state index contributed by atoms with van der Waals surface area (Å²) in [5.41, 5.74) is 3.69. The van der Waals surface area contributed by atoms with Crippen molar-refractivity contribution in [1.29, 1.82) is 0 Å². The number of aryl methyl sites for hydroxylation is 1. The van der Waals surface area contributed by atoms with Crippen LogP contribution in [0.4, 0.5) is 0 Å². The van der Waals surface area contributed by atoms with E-state index in [-0.39, 0.29) is 11.8 Å². The van der Waals surface area contributed by atoms with Crippen LogP contribution in [0.15, 0.2) is 18.2 Å². The van der Waals surface area contributed by atoms with E-state index in [1.54, 1.807) is 7.11 Å². The molecule has 0 saturated carbocycles. The van der Waals surface area contributed by atoms with Gasteiger partial charge in [-0.1, -0.05) is 0 Å². The Kier molecular flexibility index (Phi) is 5.09. The van der Waals surface area contributed by atoms with E-state index in [0.29, 0.717) is 0 Å². The first-order chi connectivity index (χ1) is 11.6. The molecule has 1 aromatic heterocycles. The van der Waals surface area contributed by atoms with Gasteiger partial charge < -0.3 is 19.9 Å². The van der Waals surface area contributed by atoms with Crippen molar-refractivity contribution in [1.82, 2.24) is 15.2 Å². The molecule has 0 saturated heterocycles. The van der Waals surface area contributed by atoms with Crippen molar-refractivity contribution in [2.24, 2.45) is 5.92 Å². The Labute approximate surface area is 143 Å². The number of carbonyl (C=O) groups is 1. The molecule has 1 atom stereocenters. The lowest BCUT2D eigenvalue weighted by Gasteiger charge is -2.22. The summed E-state index contributed by atoms with van der Waals surface area (Å²) in [7, 11) is 5.79. The Morgan fingerprint density at radius 1 is 1.42 bits per heavy atom. The zero-order chi connectivity index (χ0) is 17.1. The Morgan fingerprint density at radius 2 is 2.25 bits per heavy atom. The number of hydrogen-bond acceptors (Lipinski definition) is 3. The van der Waals surface area contributed by atoms with E-state index < -0.39 is 0 Å². The molecule has 1 unspecified atom stereocenters. The van der Waals surface area contributed by atoms with Crippen molar-refractivity contribution in [3.8, 4) is 5.75 Å². The van der Waals surface area contributed by atoms with Crippen molar-refractivity contribution >= 4 is 16.8 Å². The zero-order valence-electron chi connectivity index (χ0n) is 14.8. The minimum absolute atomic E-state index is 0.0713. The van der Waals surface area contributed by atoms with Crippen molar-refractivity contribution in [2.45, 2.75) is 25.7 Å². The number of fused-ring (bicyclic) bond motifs is 3. The van der Waals surface area contributed by atoms with Gasteiger partial charge in [-0.05, 0) is 70.1 Å². The molecule has 3 rings (SSSR count). The number of aromatic amines is 1. The van der Waals surface area contributed by atoms with Crippen molar-refractivity contribution in [2.75, 3.05) is 34.3 Å². The summed E-state index contributed by atoms with van der Waals surface area (Å²) < 4.78 is 5.34. The molecular formula is C19H27N3O2. The normalized spacial score (nSPS) is 17.1. The minimum atomic E-state index is 0.0713. The van der Waals surface area contributed by atoms with Crippen LogP contribution < -0.4 is 10.1 Å². The summed E-state index contributed by atoms with van der Waals surface area (Å²) in [6, 6.07) is 6.10. The molecule has 0 radical (unpaired) electrons. The van der Waals surface area contributed by atoms with E-state index in [9.17, 15) is 4.79 Å². The number of ether oxygens (including phenoxy) is 1. The molecule has 0 fully saturated rings. The van der Waals surface area contributed by atoms with Gasteiger partial charge in [-0.15, -0.1) is 0 Å². The quantitative estimate of drug-likeness (QED) is 0.800. The Balaban J connectivity index is 1.68. The van der Waals surface area contributed by atoms with Crippen LogP contribution in [0.2, 0.25) is 0 Å². The third-order valence-corrected chi connectivity index (χ3v) is 4.85. The number of benzene rings is 1. The molecule has 130 valence electrons. The van der Waals surface area contributed by atoms with Crippen LogP contribution in [0.1, 0.15) is 24.1 Å². The Bertz CT molecular complexity index is 721. The average Bonchev–Trinajstić information content (AvgIpc) is 2.95. The molecule has 0 spiro atoms. The van der Waals surface area contributed by atoms with Crippen LogP contribution in [0, 0.1) is 5.92 Å². The van der Waals surface area contributed by atoms with E-state index in [0.717, 1.165) is 50.0 Å². The molecule has 24 heavy (non-hydrogen) atoms. The smallest absolute Gasteiger partial charge is 0.223 e. The lowest BCUT2D eigenvalue weighted by molar-refractivity contribution is -0.125. The van der Waals surface area contributed by atoms with Crippen molar-refractivity contribution in [3.05, 3.63) is 29.5 Å². The molecule has 5 heteroatoms. The average molecular weight is 329 g/mol. The van der Waals surface area contributed by atoms with Crippen LogP contribution in [-0.2, 0) is 17.6 Å². The topological polar surface area (TPSA) is 57.4 Å². The molecule has 5 nitrogen and oxygen atoms in total. The van der Waals surface area contributed by atoms with Gasteiger partial charge in [-0.3, -0.25) is 4.79 Å². The van der Waals surface area contributed by atoms with Crippen molar-refractivity contribution in [3.63, 3.8) is 0 Å². The summed E-state index contributed by atoms with van der Waals surface area (Å²) in [5.74, 6) is 1.12. The second-order valence-electron chi connectivity index (χ2n) is 6.88. The lowest BCUT2D eigenvalue weighted by Crippen LogP contribution is -2.35. The third kappa shape index (κ3) is 3.56. The maximum Gasteiger partial charge on any atom is 0.223 e. The van der Waals surface area contributed by atoms with Gasteiger partial charge in [-0.2, -0.15) is 0 Å². The van der Waals surface area contributed by atoms with Gasteiger partial charge >= 0.3 is 0 Å². The maximum atomic E-state index is 12.5. The van der Waals surface area contributed by atoms with Gasteiger partial charge in [-0.25, -0.2) is 0 Å². The van der Waals surface area contributed by atoms with E-state index in [1.165, 1.54) is 16.6 Å². The van der Waals surface area contributed by atoms with E-state index in [1.807, 2.05) is 6.07 Å². The molecule has 1 amide bonds. The zero-order valence-corrected chi connectivity index (χ0v) is 14.8. The highest BCUT2D eigenvalue weighted by Crippen LogP contribution is 2.33. The fourth-order valence-corrected chi connectivity index (χ4v) is 3.50. The highest BCUT2D eigenvalue weighted by Gasteiger charge is 2.27. The summed E-state index contributed by atoms with van der Waals surface area (Å²) in [6.07, 6.45) is 3.64.